The average Bonchev–Trinajstić information content (AvgIpc) is 3.08. The molecule has 0 aromatic carbocycles. The van der Waals surface area contributed by atoms with Crippen LogP contribution in [0.25, 0.3) is 0 Å². The Morgan fingerprint density at radius 3 is 2.65 bits per heavy atom. The number of amides is 1. The zero-order valence-corrected chi connectivity index (χ0v) is 13.6. The number of carbonyl (C=O) groups is 3. The second kappa shape index (κ2) is 8.79. The van der Waals surface area contributed by atoms with Crippen LogP contribution in [0.15, 0.2) is 17.5 Å². The number of ether oxygens (including phenoxy) is 1. The molecule has 0 aliphatic carbocycles. The molecule has 1 aromatic heterocycles. The summed E-state index contributed by atoms with van der Waals surface area (Å²) in [6.45, 7) is 1.24. The fraction of sp³-hybridized carbons (Fsp3) is 0.562. The largest absolute Gasteiger partial charge is 0.481 e. The van der Waals surface area contributed by atoms with Crippen LogP contribution in [0.2, 0.25) is 0 Å². The monoisotopic (exact) mass is 339 g/mol. The standard InChI is InChI=1S/C16H21NO5S/c18-13(14-2-1-9-23-14)3-4-15(19)17-10-12(16(20)21)11-5-7-22-8-6-11/h1-2,9,11-12H,3-8,10H2,(H,17,19)(H,20,21). The lowest BCUT2D eigenvalue weighted by Crippen LogP contribution is -2.39. The minimum absolute atomic E-state index is 0.0225. The van der Waals surface area contributed by atoms with Crippen LogP contribution in [0, 0.1) is 11.8 Å². The van der Waals surface area contributed by atoms with Gasteiger partial charge in [-0.25, -0.2) is 0 Å². The number of rotatable bonds is 8. The zero-order chi connectivity index (χ0) is 16.7. The van der Waals surface area contributed by atoms with Crippen molar-refractivity contribution in [1.82, 2.24) is 5.32 Å². The SMILES string of the molecule is O=C(CCC(=O)c1cccs1)NCC(C(=O)O)C1CCOCC1. The number of thiophene rings is 1. The molecule has 1 amide bonds. The van der Waals surface area contributed by atoms with Gasteiger partial charge in [0, 0.05) is 32.6 Å². The molecule has 1 aliphatic heterocycles. The quantitative estimate of drug-likeness (QED) is 0.706. The number of carbonyl (C=O) groups excluding carboxylic acids is 2. The van der Waals surface area contributed by atoms with E-state index in [0.717, 1.165) is 0 Å². The van der Waals surface area contributed by atoms with Gasteiger partial charge in [0.15, 0.2) is 5.78 Å². The number of hydrogen-bond donors (Lipinski definition) is 2. The van der Waals surface area contributed by atoms with Gasteiger partial charge >= 0.3 is 5.97 Å². The predicted octanol–water partition coefficient (Wildman–Crippen LogP) is 1.95. The second-order valence-electron chi connectivity index (χ2n) is 5.60. The van der Waals surface area contributed by atoms with E-state index in [2.05, 4.69) is 5.32 Å². The number of hydrogen-bond acceptors (Lipinski definition) is 5. The molecule has 0 radical (unpaired) electrons. The molecule has 2 rings (SSSR count). The Bertz CT molecular complexity index is 537. The summed E-state index contributed by atoms with van der Waals surface area (Å²) in [5.74, 6) is -1.82. The molecule has 6 nitrogen and oxygen atoms in total. The van der Waals surface area contributed by atoms with E-state index >= 15 is 0 Å². The number of ketones is 1. The zero-order valence-electron chi connectivity index (χ0n) is 12.8. The van der Waals surface area contributed by atoms with Crippen LogP contribution in [0.1, 0.15) is 35.4 Å². The van der Waals surface area contributed by atoms with Gasteiger partial charge in [-0.15, -0.1) is 11.3 Å². The minimum atomic E-state index is -0.896. The van der Waals surface area contributed by atoms with Crippen LogP contribution in [-0.4, -0.2) is 42.5 Å². The fourth-order valence-corrected chi connectivity index (χ4v) is 3.37. The summed E-state index contributed by atoms with van der Waals surface area (Å²) < 4.78 is 5.24. The first-order valence-corrected chi connectivity index (χ1v) is 8.60. The van der Waals surface area contributed by atoms with Gasteiger partial charge < -0.3 is 15.2 Å². The van der Waals surface area contributed by atoms with Gasteiger partial charge in [0.2, 0.25) is 5.91 Å². The number of carboxylic acid groups (broad SMARTS) is 1. The van der Waals surface area contributed by atoms with Crippen molar-refractivity contribution in [2.45, 2.75) is 25.7 Å². The minimum Gasteiger partial charge on any atom is -0.481 e. The molecule has 1 fully saturated rings. The number of nitrogens with one attached hydrogen (secondary N) is 1. The molecule has 1 aliphatic rings. The van der Waals surface area contributed by atoms with Gasteiger partial charge in [-0.2, -0.15) is 0 Å². The van der Waals surface area contributed by atoms with Gasteiger partial charge in [0.1, 0.15) is 0 Å². The lowest BCUT2D eigenvalue weighted by molar-refractivity contribution is -0.145. The first-order chi connectivity index (χ1) is 11.1. The molecule has 126 valence electrons. The maximum atomic E-state index is 11.8. The van der Waals surface area contributed by atoms with E-state index in [1.807, 2.05) is 5.38 Å². The highest BCUT2D eigenvalue weighted by molar-refractivity contribution is 7.12. The fourth-order valence-electron chi connectivity index (χ4n) is 2.67. The smallest absolute Gasteiger partial charge is 0.308 e. The Morgan fingerprint density at radius 2 is 2.04 bits per heavy atom. The van der Waals surface area contributed by atoms with Gasteiger partial charge in [-0.1, -0.05) is 6.07 Å². The Balaban J connectivity index is 1.75. The maximum absolute atomic E-state index is 11.8. The molecule has 1 unspecified atom stereocenters. The third kappa shape index (κ3) is 5.44. The van der Waals surface area contributed by atoms with Gasteiger partial charge in [0.25, 0.3) is 0 Å². The normalized spacial score (nSPS) is 16.7. The van der Waals surface area contributed by atoms with Crippen molar-refractivity contribution in [2.75, 3.05) is 19.8 Å². The number of Topliss-reactive ketones (excluding diaryl/α,β-unsaturated/α-hetero) is 1. The first kappa shape index (κ1) is 17.6. The molecule has 0 bridgehead atoms. The maximum Gasteiger partial charge on any atom is 0.308 e. The van der Waals surface area contributed by atoms with Crippen molar-refractivity contribution < 1.29 is 24.2 Å². The second-order valence-corrected chi connectivity index (χ2v) is 6.55. The van der Waals surface area contributed by atoms with Gasteiger partial charge in [-0.05, 0) is 30.2 Å². The predicted molar refractivity (Wildman–Crippen MR) is 85.6 cm³/mol. The first-order valence-electron chi connectivity index (χ1n) is 7.72. The third-order valence-electron chi connectivity index (χ3n) is 4.05. The molecule has 2 heterocycles. The summed E-state index contributed by atoms with van der Waals surface area (Å²) in [6, 6.07) is 3.53. The van der Waals surface area contributed by atoms with E-state index in [-0.39, 0.29) is 37.0 Å². The lowest BCUT2D eigenvalue weighted by atomic mass is 9.86. The third-order valence-corrected chi connectivity index (χ3v) is 4.96. The summed E-state index contributed by atoms with van der Waals surface area (Å²) in [4.78, 5) is 35.7. The summed E-state index contributed by atoms with van der Waals surface area (Å²) in [5.41, 5.74) is 0. The van der Waals surface area contributed by atoms with Crippen molar-refractivity contribution >= 4 is 29.0 Å². The molecule has 23 heavy (non-hydrogen) atoms. The van der Waals surface area contributed by atoms with E-state index < -0.39 is 11.9 Å². The molecule has 1 aromatic rings. The Hall–Kier alpha value is -1.73. The van der Waals surface area contributed by atoms with Gasteiger partial charge in [0.05, 0.1) is 10.8 Å². The van der Waals surface area contributed by atoms with Crippen molar-refractivity contribution in [3.63, 3.8) is 0 Å². The highest BCUT2D eigenvalue weighted by atomic mass is 32.1. The van der Waals surface area contributed by atoms with Crippen molar-refractivity contribution in [3.05, 3.63) is 22.4 Å². The molecule has 1 atom stereocenters. The summed E-state index contributed by atoms with van der Waals surface area (Å²) in [5, 5.41) is 13.8. The highest BCUT2D eigenvalue weighted by Crippen LogP contribution is 2.23. The van der Waals surface area contributed by atoms with E-state index in [0.29, 0.717) is 30.9 Å². The van der Waals surface area contributed by atoms with Crippen LogP contribution in [0.3, 0.4) is 0 Å². The molecule has 2 N–H and O–H groups in total. The molecular weight excluding hydrogens is 318 g/mol. The number of carboxylic acids is 1. The summed E-state index contributed by atoms with van der Waals surface area (Å²) >= 11 is 1.35. The molecule has 7 heteroatoms. The van der Waals surface area contributed by atoms with E-state index in [9.17, 15) is 19.5 Å². The molecule has 0 spiro atoms. The van der Waals surface area contributed by atoms with Crippen molar-refractivity contribution in [1.29, 1.82) is 0 Å². The van der Waals surface area contributed by atoms with Crippen molar-refractivity contribution in [3.8, 4) is 0 Å². The Labute approximate surface area is 138 Å². The number of aliphatic carboxylic acids is 1. The Kier molecular flexibility index (Phi) is 6.73. The molecular formula is C16H21NO5S. The van der Waals surface area contributed by atoms with Crippen molar-refractivity contribution in [2.24, 2.45) is 11.8 Å². The van der Waals surface area contributed by atoms with Gasteiger partial charge in [-0.3, -0.25) is 14.4 Å². The van der Waals surface area contributed by atoms with Crippen LogP contribution in [0.5, 0.6) is 0 Å². The average molecular weight is 339 g/mol. The Morgan fingerprint density at radius 1 is 1.30 bits per heavy atom. The lowest BCUT2D eigenvalue weighted by Gasteiger charge is -2.27. The summed E-state index contributed by atoms with van der Waals surface area (Å²) in [7, 11) is 0. The topological polar surface area (TPSA) is 92.7 Å². The van der Waals surface area contributed by atoms with E-state index in [1.165, 1.54) is 11.3 Å². The van der Waals surface area contributed by atoms with Crippen LogP contribution in [-0.2, 0) is 14.3 Å². The van der Waals surface area contributed by atoms with E-state index in [1.54, 1.807) is 12.1 Å². The molecule has 0 saturated carbocycles. The van der Waals surface area contributed by atoms with Crippen LogP contribution < -0.4 is 5.32 Å². The highest BCUT2D eigenvalue weighted by Gasteiger charge is 2.30. The van der Waals surface area contributed by atoms with Crippen LogP contribution in [0.4, 0.5) is 0 Å². The molecule has 1 saturated heterocycles. The van der Waals surface area contributed by atoms with E-state index in [4.69, 9.17) is 4.74 Å². The van der Waals surface area contributed by atoms with Crippen LogP contribution >= 0.6 is 11.3 Å². The summed E-state index contributed by atoms with van der Waals surface area (Å²) in [6.07, 6.45) is 1.62.